The van der Waals surface area contributed by atoms with E-state index in [4.69, 9.17) is 4.74 Å². The molecule has 0 aliphatic rings. The fourth-order valence-electron chi connectivity index (χ4n) is 3.08. The lowest BCUT2D eigenvalue weighted by Crippen LogP contribution is -2.21. The first-order valence-corrected chi connectivity index (χ1v) is 9.70. The van der Waals surface area contributed by atoms with E-state index in [0.717, 1.165) is 16.8 Å². The van der Waals surface area contributed by atoms with Gasteiger partial charge in [0.2, 0.25) is 5.91 Å². The molecular formula is C22H25N5O3. The van der Waals surface area contributed by atoms with E-state index in [9.17, 15) is 9.59 Å². The Hall–Kier alpha value is -3.68. The van der Waals surface area contributed by atoms with Crippen LogP contribution in [0.2, 0.25) is 0 Å². The molecule has 1 aromatic heterocycles. The molecule has 2 amide bonds. The number of rotatable bonds is 7. The highest BCUT2D eigenvalue weighted by Crippen LogP contribution is 2.24. The number of hydrogen-bond donors (Lipinski definition) is 2. The van der Waals surface area contributed by atoms with Crippen molar-refractivity contribution in [3.05, 3.63) is 65.0 Å². The summed E-state index contributed by atoms with van der Waals surface area (Å²) < 4.78 is 6.92. The summed E-state index contributed by atoms with van der Waals surface area (Å²) in [6.07, 6.45) is 0. The minimum Gasteiger partial charge on any atom is -0.492 e. The van der Waals surface area contributed by atoms with Crippen LogP contribution in [-0.4, -0.2) is 33.4 Å². The SMILES string of the molecule is CCOc1ccccc1NC(=O)Cn1nnc(C(=O)Nc2c(C)cccc2C)c1C. The van der Waals surface area contributed by atoms with Crippen LogP contribution in [0.4, 0.5) is 11.4 Å². The van der Waals surface area contributed by atoms with Crippen LogP contribution in [0.15, 0.2) is 42.5 Å². The topological polar surface area (TPSA) is 98.1 Å². The Balaban J connectivity index is 1.71. The second-order valence-electron chi connectivity index (χ2n) is 6.88. The molecule has 0 aliphatic heterocycles. The number of amides is 2. The number of ether oxygens (including phenoxy) is 1. The van der Waals surface area contributed by atoms with E-state index in [-0.39, 0.29) is 24.1 Å². The van der Waals surface area contributed by atoms with Crippen molar-refractivity contribution in [3.63, 3.8) is 0 Å². The van der Waals surface area contributed by atoms with Crippen molar-refractivity contribution in [2.45, 2.75) is 34.2 Å². The van der Waals surface area contributed by atoms with Crippen LogP contribution in [0.5, 0.6) is 5.75 Å². The van der Waals surface area contributed by atoms with Gasteiger partial charge in [-0.2, -0.15) is 0 Å². The van der Waals surface area contributed by atoms with Crippen molar-refractivity contribution in [1.29, 1.82) is 0 Å². The van der Waals surface area contributed by atoms with Crippen molar-refractivity contribution in [3.8, 4) is 5.75 Å². The third kappa shape index (κ3) is 4.65. The van der Waals surface area contributed by atoms with Gasteiger partial charge in [0.15, 0.2) is 5.69 Å². The Morgan fingerprint density at radius 1 is 1.00 bits per heavy atom. The predicted molar refractivity (Wildman–Crippen MR) is 115 cm³/mol. The molecule has 0 spiro atoms. The van der Waals surface area contributed by atoms with Crippen LogP contribution >= 0.6 is 0 Å². The fraction of sp³-hybridized carbons (Fsp3) is 0.273. The predicted octanol–water partition coefficient (Wildman–Crippen LogP) is 3.49. The molecule has 2 N–H and O–H groups in total. The molecule has 0 saturated heterocycles. The van der Waals surface area contributed by atoms with Crippen LogP contribution in [0, 0.1) is 20.8 Å². The highest BCUT2D eigenvalue weighted by atomic mass is 16.5. The summed E-state index contributed by atoms with van der Waals surface area (Å²) in [5.74, 6) is -0.0626. The van der Waals surface area contributed by atoms with Gasteiger partial charge in [-0.1, -0.05) is 35.5 Å². The molecule has 3 aromatic rings. The first kappa shape index (κ1) is 21.0. The Morgan fingerprint density at radius 3 is 2.40 bits per heavy atom. The van der Waals surface area contributed by atoms with Crippen molar-refractivity contribution >= 4 is 23.2 Å². The number of hydrogen-bond acceptors (Lipinski definition) is 5. The van der Waals surface area contributed by atoms with E-state index in [0.29, 0.717) is 23.7 Å². The third-order valence-electron chi connectivity index (χ3n) is 4.67. The molecule has 0 saturated carbocycles. The highest BCUT2D eigenvalue weighted by molar-refractivity contribution is 6.04. The first-order valence-electron chi connectivity index (χ1n) is 9.70. The Morgan fingerprint density at radius 2 is 1.70 bits per heavy atom. The van der Waals surface area contributed by atoms with Crippen molar-refractivity contribution < 1.29 is 14.3 Å². The van der Waals surface area contributed by atoms with Gasteiger partial charge in [0.25, 0.3) is 5.91 Å². The second-order valence-corrected chi connectivity index (χ2v) is 6.88. The molecule has 0 aliphatic carbocycles. The molecule has 30 heavy (non-hydrogen) atoms. The van der Waals surface area contributed by atoms with E-state index in [2.05, 4.69) is 20.9 Å². The van der Waals surface area contributed by atoms with Gasteiger partial charge in [-0.3, -0.25) is 9.59 Å². The summed E-state index contributed by atoms with van der Waals surface area (Å²) in [5.41, 5.74) is 3.94. The molecule has 8 nitrogen and oxygen atoms in total. The summed E-state index contributed by atoms with van der Waals surface area (Å²) in [7, 11) is 0. The monoisotopic (exact) mass is 407 g/mol. The molecule has 0 bridgehead atoms. The van der Waals surface area contributed by atoms with Crippen LogP contribution in [0.25, 0.3) is 0 Å². The van der Waals surface area contributed by atoms with Crippen LogP contribution in [0.1, 0.15) is 34.2 Å². The van der Waals surface area contributed by atoms with Gasteiger partial charge in [0.05, 0.1) is 18.0 Å². The van der Waals surface area contributed by atoms with E-state index in [1.165, 1.54) is 4.68 Å². The maximum Gasteiger partial charge on any atom is 0.278 e. The average Bonchev–Trinajstić information content (AvgIpc) is 3.07. The minimum atomic E-state index is -0.363. The first-order chi connectivity index (χ1) is 14.4. The molecule has 0 radical (unpaired) electrons. The number of nitrogens with one attached hydrogen (secondary N) is 2. The number of aryl methyl sites for hydroxylation is 2. The second kappa shape index (κ2) is 9.21. The van der Waals surface area contributed by atoms with Gasteiger partial charge in [-0.05, 0) is 51.0 Å². The number of carbonyl (C=O) groups excluding carboxylic acids is 2. The smallest absolute Gasteiger partial charge is 0.278 e. The molecule has 8 heteroatoms. The molecule has 0 fully saturated rings. The lowest BCUT2D eigenvalue weighted by atomic mass is 10.1. The maximum absolute atomic E-state index is 12.7. The number of aromatic nitrogens is 3. The molecular weight excluding hydrogens is 382 g/mol. The van der Waals surface area contributed by atoms with Gasteiger partial charge < -0.3 is 15.4 Å². The van der Waals surface area contributed by atoms with E-state index in [1.807, 2.05) is 51.1 Å². The van der Waals surface area contributed by atoms with Gasteiger partial charge in [-0.15, -0.1) is 5.10 Å². The number of carbonyl (C=O) groups is 2. The van der Waals surface area contributed by atoms with Gasteiger partial charge in [0, 0.05) is 5.69 Å². The molecule has 0 atom stereocenters. The standard InChI is InChI=1S/C22H25N5O3/c1-5-30-18-12-7-6-11-17(18)23-19(28)13-27-16(4)21(25-26-27)22(29)24-20-14(2)9-8-10-15(20)3/h6-12H,5,13H2,1-4H3,(H,23,28)(H,24,29). The largest absolute Gasteiger partial charge is 0.492 e. The summed E-state index contributed by atoms with van der Waals surface area (Å²) in [6, 6.07) is 13.0. The Labute approximate surface area is 175 Å². The number of nitrogens with zero attached hydrogens (tertiary/aromatic N) is 3. The zero-order chi connectivity index (χ0) is 21.7. The van der Waals surface area contributed by atoms with Gasteiger partial charge >= 0.3 is 0 Å². The number of anilines is 2. The minimum absolute atomic E-state index is 0.0734. The Bertz CT molecular complexity index is 1050. The van der Waals surface area contributed by atoms with E-state index >= 15 is 0 Å². The lowest BCUT2D eigenvalue weighted by Gasteiger charge is -2.12. The Kier molecular flexibility index (Phi) is 6.46. The summed E-state index contributed by atoms with van der Waals surface area (Å²) >= 11 is 0. The zero-order valence-electron chi connectivity index (χ0n) is 17.5. The number of benzene rings is 2. The van der Waals surface area contributed by atoms with Crippen LogP contribution < -0.4 is 15.4 Å². The van der Waals surface area contributed by atoms with Crippen molar-refractivity contribution in [1.82, 2.24) is 15.0 Å². The number of para-hydroxylation sites is 3. The molecule has 0 unspecified atom stereocenters. The van der Waals surface area contributed by atoms with E-state index < -0.39 is 0 Å². The van der Waals surface area contributed by atoms with Crippen LogP contribution in [-0.2, 0) is 11.3 Å². The fourth-order valence-corrected chi connectivity index (χ4v) is 3.08. The molecule has 2 aromatic carbocycles. The average molecular weight is 407 g/mol. The summed E-state index contributed by atoms with van der Waals surface area (Å²) in [6.45, 7) is 7.86. The summed E-state index contributed by atoms with van der Waals surface area (Å²) in [5, 5.41) is 13.7. The molecule has 156 valence electrons. The zero-order valence-corrected chi connectivity index (χ0v) is 17.5. The molecule has 3 rings (SSSR count). The summed E-state index contributed by atoms with van der Waals surface area (Å²) in [4.78, 5) is 25.2. The van der Waals surface area contributed by atoms with Crippen molar-refractivity contribution in [2.75, 3.05) is 17.2 Å². The van der Waals surface area contributed by atoms with Crippen LogP contribution in [0.3, 0.4) is 0 Å². The van der Waals surface area contributed by atoms with E-state index in [1.54, 1.807) is 19.1 Å². The van der Waals surface area contributed by atoms with Gasteiger partial charge in [0.1, 0.15) is 12.3 Å². The maximum atomic E-state index is 12.7. The lowest BCUT2D eigenvalue weighted by molar-refractivity contribution is -0.117. The molecule has 1 heterocycles. The third-order valence-corrected chi connectivity index (χ3v) is 4.67. The van der Waals surface area contributed by atoms with Gasteiger partial charge in [-0.25, -0.2) is 4.68 Å². The highest BCUT2D eigenvalue weighted by Gasteiger charge is 2.19. The van der Waals surface area contributed by atoms with Crippen molar-refractivity contribution in [2.24, 2.45) is 0 Å². The normalized spacial score (nSPS) is 10.5. The quantitative estimate of drug-likeness (QED) is 0.625.